The molecular weight excluding hydrogens is 272 g/mol. The minimum Gasteiger partial charge on any atom is -0.354 e. The molecule has 0 aromatic carbocycles. The number of thioether (sulfide) groups is 1. The van der Waals surface area contributed by atoms with Gasteiger partial charge in [-0.1, -0.05) is 0 Å². The maximum atomic E-state index is 4.28. The summed E-state index contributed by atoms with van der Waals surface area (Å²) in [4.78, 5) is 4.28. The zero-order valence-corrected chi connectivity index (χ0v) is 13.5. The van der Waals surface area contributed by atoms with Crippen molar-refractivity contribution in [3.05, 3.63) is 11.6 Å². The summed E-state index contributed by atoms with van der Waals surface area (Å²) in [6.07, 6.45) is 5.91. The second-order valence-corrected chi connectivity index (χ2v) is 6.30. The van der Waals surface area contributed by atoms with Crippen molar-refractivity contribution in [2.24, 2.45) is 12.0 Å². The number of nitrogens with zero attached hydrogens (tertiary/aromatic N) is 4. The molecule has 0 radical (unpaired) electrons. The van der Waals surface area contributed by atoms with E-state index in [0.717, 1.165) is 22.9 Å². The monoisotopic (exact) mass is 296 g/mol. The summed E-state index contributed by atoms with van der Waals surface area (Å²) in [6, 6.07) is 0.528. The van der Waals surface area contributed by atoms with Gasteiger partial charge in [0.05, 0.1) is 6.54 Å². The van der Waals surface area contributed by atoms with Crippen LogP contribution in [0.1, 0.15) is 30.9 Å². The largest absolute Gasteiger partial charge is 0.354 e. The Balaban J connectivity index is 1.83. The first-order valence-corrected chi connectivity index (χ1v) is 8.27. The van der Waals surface area contributed by atoms with E-state index >= 15 is 0 Å². The molecule has 2 N–H and O–H groups in total. The fourth-order valence-electron chi connectivity index (χ4n) is 2.44. The Kier molecular flexibility index (Phi) is 5.28. The van der Waals surface area contributed by atoms with Gasteiger partial charge in [0.25, 0.3) is 0 Å². The van der Waals surface area contributed by atoms with Gasteiger partial charge >= 0.3 is 0 Å². The molecule has 0 saturated heterocycles. The first-order valence-electron chi connectivity index (χ1n) is 6.99. The van der Waals surface area contributed by atoms with Gasteiger partial charge in [0, 0.05) is 25.4 Å². The van der Waals surface area contributed by atoms with Gasteiger partial charge in [-0.2, -0.15) is 11.8 Å². The molecule has 2 rings (SSSR count). The van der Waals surface area contributed by atoms with E-state index in [-0.39, 0.29) is 0 Å². The summed E-state index contributed by atoms with van der Waals surface area (Å²) >= 11 is 1.96. The molecule has 1 fully saturated rings. The van der Waals surface area contributed by atoms with Crippen molar-refractivity contribution in [1.29, 1.82) is 0 Å². The molecule has 2 unspecified atom stereocenters. The number of nitrogens with one attached hydrogen (secondary N) is 2. The average molecular weight is 296 g/mol. The van der Waals surface area contributed by atoms with Crippen molar-refractivity contribution < 1.29 is 0 Å². The van der Waals surface area contributed by atoms with E-state index in [0.29, 0.717) is 12.6 Å². The van der Waals surface area contributed by atoms with Crippen LogP contribution >= 0.6 is 11.8 Å². The van der Waals surface area contributed by atoms with Crippen LogP contribution in [0.4, 0.5) is 0 Å². The SMILES string of the molecule is CN=C(NCc1nnc(C)n1C)NC1CCC(SC)C1. The maximum Gasteiger partial charge on any atom is 0.191 e. The first kappa shape index (κ1) is 15.2. The molecule has 0 aliphatic heterocycles. The van der Waals surface area contributed by atoms with Gasteiger partial charge in [0.15, 0.2) is 11.8 Å². The van der Waals surface area contributed by atoms with Crippen LogP contribution in [-0.4, -0.2) is 45.3 Å². The molecule has 0 bridgehead atoms. The van der Waals surface area contributed by atoms with E-state index in [9.17, 15) is 0 Å². The van der Waals surface area contributed by atoms with Crippen LogP contribution in [0.15, 0.2) is 4.99 Å². The highest BCUT2D eigenvalue weighted by molar-refractivity contribution is 7.99. The normalized spacial score (nSPS) is 23.1. The van der Waals surface area contributed by atoms with E-state index in [1.807, 2.05) is 30.3 Å². The van der Waals surface area contributed by atoms with Crippen LogP contribution in [0.2, 0.25) is 0 Å². The predicted octanol–water partition coefficient (Wildman–Crippen LogP) is 1.07. The highest BCUT2D eigenvalue weighted by Crippen LogP contribution is 2.27. The van der Waals surface area contributed by atoms with Crippen LogP contribution < -0.4 is 10.6 Å². The lowest BCUT2D eigenvalue weighted by molar-refractivity contribution is 0.609. The highest BCUT2D eigenvalue weighted by Gasteiger charge is 2.24. The Morgan fingerprint density at radius 3 is 2.80 bits per heavy atom. The van der Waals surface area contributed by atoms with Gasteiger partial charge in [0.1, 0.15) is 5.82 Å². The maximum absolute atomic E-state index is 4.28. The Labute approximate surface area is 124 Å². The van der Waals surface area contributed by atoms with Crippen LogP contribution in [0.5, 0.6) is 0 Å². The third-order valence-corrected chi connectivity index (χ3v) is 4.97. The molecule has 2 atom stereocenters. The summed E-state index contributed by atoms with van der Waals surface area (Å²) in [5.41, 5.74) is 0. The number of guanidine groups is 1. The lowest BCUT2D eigenvalue weighted by Gasteiger charge is -2.17. The number of rotatable bonds is 4. The van der Waals surface area contributed by atoms with Gasteiger partial charge in [-0.25, -0.2) is 0 Å². The second kappa shape index (κ2) is 6.97. The van der Waals surface area contributed by atoms with Crippen molar-refractivity contribution in [3.63, 3.8) is 0 Å². The number of aliphatic imine (C=N–C) groups is 1. The summed E-state index contributed by atoms with van der Waals surface area (Å²) < 4.78 is 1.99. The van der Waals surface area contributed by atoms with Gasteiger partial charge in [0.2, 0.25) is 0 Å². The molecule has 1 saturated carbocycles. The van der Waals surface area contributed by atoms with Crippen LogP contribution in [0.3, 0.4) is 0 Å². The van der Waals surface area contributed by atoms with E-state index in [1.54, 1.807) is 7.05 Å². The Bertz CT molecular complexity index is 469. The molecule has 1 aliphatic carbocycles. The quantitative estimate of drug-likeness (QED) is 0.643. The summed E-state index contributed by atoms with van der Waals surface area (Å²) in [6.45, 7) is 2.58. The van der Waals surface area contributed by atoms with E-state index in [4.69, 9.17) is 0 Å². The molecule has 20 heavy (non-hydrogen) atoms. The minimum atomic E-state index is 0.528. The van der Waals surface area contributed by atoms with Crippen molar-refractivity contribution in [1.82, 2.24) is 25.4 Å². The summed E-state index contributed by atoms with van der Waals surface area (Å²) in [5.74, 6) is 2.68. The number of hydrogen-bond acceptors (Lipinski definition) is 4. The van der Waals surface area contributed by atoms with Crippen LogP contribution in [-0.2, 0) is 13.6 Å². The Morgan fingerprint density at radius 1 is 1.45 bits per heavy atom. The average Bonchev–Trinajstić information content (AvgIpc) is 3.04. The fraction of sp³-hybridized carbons (Fsp3) is 0.769. The lowest BCUT2D eigenvalue weighted by atomic mass is 10.2. The zero-order chi connectivity index (χ0) is 14.5. The first-order chi connectivity index (χ1) is 9.63. The molecule has 6 nitrogen and oxygen atoms in total. The molecule has 0 amide bonds. The van der Waals surface area contributed by atoms with Gasteiger partial charge < -0.3 is 15.2 Å². The van der Waals surface area contributed by atoms with Gasteiger partial charge in [-0.15, -0.1) is 10.2 Å². The van der Waals surface area contributed by atoms with Crippen molar-refractivity contribution in [3.8, 4) is 0 Å². The zero-order valence-electron chi connectivity index (χ0n) is 12.7. The molecule has 1 aliphatic rings. The molecule has 1 aromatic heterocycles. The lowest BCUT2D eigenvalue weighted by Crippen LogP contribution is -2.42. The van der Waals surface area contributed by atoms with Crippen molar-refractivity contribution >= 4 is 17.7 Å². The third-order valence-electron chi connectivity index (χ3n) is 3.88. The molecular formula is C13H24N6S. The van der Waals surface area contributed by atoms with Gasteiger partial charge in [-0.05, 0) is 32.4 Å². The smallest absolute Gasteiger partial charge is 0.191 e. The number of aryl methyl sites for hydroxylation is 1. The van der Waals surface area contributed by atoms with E-state index in [1.165, 1.54) is 19.3 Å². The van der Waals surface area contributed by atoms with E-state index < -0.39 is 0 Å². The predicted molar refractivity (Wildman–Crippen MR) is 84.0 cm³/mol. The topological polar surface area (TPSA) is 67.1 Å². The Morgan fingerprint density at radius 2 is 2.25 bits per heavy atom. The standard InChI is InChI=1S/C13H24N6S/c1-9-17-18-12(19(9)3)8-15-13(14-2)16-10-5-6-11(7-10)20-4/h10-11H,5-8H2,1-4H3,(H2,14,15,16). The fourth-order valence-corrected chi connectivity index (χ4v) is 3.24. The van der Waals surface area contributed by atoms with Crippen molar-refractivity contribution in [2.75, 3.05) is 13.3 Å². The molecule has 1 aromatic rings. The number of aromatic nitrogens is 3. The van der Waals surface area contributed by atoms with Crippen LogP contribution in [0.25, 0.3) is 0 Å². The van der Waals surface area contributed by atoms with Crippen molar-refractivity contribution in [2.45, 2.75) is 44.0 Å². The molecule has 1 heterocycles. The van der Waals surface area contributed by atoms with Crippen LogP contribution in [0, 0.1) is 6.92 Å². The second-order valence-electron chi connectivity index (χ2n) is 5.16. The molecule has 112 valence electrons. The molecule has 0 spiro atoms. The third kappa shape index (κ3) is 3.65. The van der Waals surface area contributed by atoms with Gasteiger partial charge in [-0.3, -0.25) is 4.99 Å². The number of hydrogen-bond donors (Lipinski definition) is 2. The summed E-state index contributed by atoms with van der Waals surface area (Å²) in [7, 11) is 3.78. The summed E-state index contributed by atoms with van der Waals surface area (Å²) in [5, 5.41) is 15.8. The molecule has 7 heteroatoms. The van der Waals surface area contributed by atoms with E-state index in [2.05, 4.69) is 32.1 Å². The Hall–Kier alpha value is -1.24. The highest BCUT2D eigenvalue weighted by atomic mass is 32.2. The minimum absolute atomic E-state index is 0.528.